The Hall–Kier alpha value is -1.14. The third-order valence-corrected chi connectivity index (χ3v) is 4.08. The lowest BCUT2D eigenvalue weighted by molar-refractivity contribution is 0.102. The zero-order valence-electron chi connectivity index (χ0n) is 12.1. The highest BCUT2D eigenvalue weighted by Crippen LogP contribution is 2.24. The molecule has 0 saturated carbocycles. The first-order chi connectivity index (χ1) is 9.77. The van der Waals surface area contributed by atoms with Crippen LogP contribution >= 0.6 is 34.2 Å². The van der Waals surface area contributed by atoms with Crippen molar-refractivity contribution < 1.29 is 4.79 Å². The molecular weight excluding hydrogens is 399 g/mol. The summed E-state index contributed by atoms with van der Waals surface area (Å²) in [7, 11) is 0. The molecule has 1 aromatic heterocycles. The van der Waals surface area contributed by atoms with Crippen molar-refractivity contribution in [2.75, 3.05) is 5.32 Å². The first kappa shape index (κ1) is 16.2. The third kappa shape index (κ3) is 4.17. The molecule has 0 unspecified atom stereocenters. The number of pyridine rings is 1. The molecule has 0 bridgehead atoms. The Morgan fingerprint density at radius 3 is 2.52 bits per heavy atom. The van der Waals surface area contributed by atoms with Gasteiger partial charge in [0, 0.05) is 20.2 Å². The van der Waals surface area contributed by atoms with Gasteiger partial charge in [0.1, 0.15) is 5.15 Å². The molecule has 0 atom stereocenters. The molecular formula is C16H16ClIN2O. The Labute approximate surface area is 143 Å². The van der Waals surface area contributed by atoms with Crippen molar-refractivity contribution in [3.05, 3.63) is 56.4 Å². The number of hydrogen-bond acceptors (Lipinski definition) is 2. The van der Waals surface area contributed by atoms with Gasteiger partial charge >= 0.3 is 0 Å². The minimum absolute atomic E-state index is 0.166. The molecule has 0 aliphatic rings. The van der Waals surface area contributed by atoms with E-state index in [1.54, 1.807) is 12.1 Å². The van der Waals surface area contributed by atoms with Crippen LogP contribution in [0, 0.1) is 3.57 Å². The summed E-state index contributed by atoms with van der Waals surface area (Å²) >= 11 is 8.23. The Bertz CT molecular complexity index is 680. The second-order valence-electron chi connectivity index (χ2n) is 5.75. The molecule has 21 heavy (non-hydrogen) atoms. The normalized spacial score (nSPS) is 11.3. The summed E-state index contributed by atoms with van der Waals surface area (Å²) in [5.41, 5.74) is 1.93. The van der Waals surface area contributed by atoms with E-state index in [0.717, 1.165) is 15.0 Å². The topological polar surface area (TPSA) is 42.0 Å². The summed E-state index contributed by atoms with van der Waals surface area (Å²) in [6.45, 7) is 6.11. The second-order valence-corrected chi connectivity index (χ2v) is 7.30. The van der Waals surface area contributed by atoms with Gasteiger partial charge < -0.3 is 5.32 Å². The summed E-state index contributed by atoms with van der Waals surface area (Å²) in [4.78, 5) is 16.7. The van der Waals surface area contributed by atoms with Gasteiger partial charge in [-0.2, -0.15) is 0 Å². The number of benzene rings is 1. The SMILES string of the molecule is CC(C)(C)c1cc(C(=O)Nc2ccccc2I)cc(Cl)n1. The van der Waals surface area contributed by atoms with Crippen LogP contribution in [-0.4, -0.2) is 10.9 Å². The smallest absolute Gasteiger partial charge is 0.255 e. The molecule has 0 saturated heterocycles. The number of nitrogens with one attached hydrogen (secondary N) is 1. The number of para-hydroxylation sites is 1. The second kappa shape index (κ2) is 6.32. The van der Waals surface area contributed by atoms with E-state index < -0.39 is 0 Å². The van der Waals surface area contributed by atoms with Crippen LogP contribution in [0.4, 0.5) is 5.69 Å². The maximum Gasteiger partial charge on any atom is 0.255 e. The van der Waals surface area contributed by atoms with Gasteiger partial charge in [-0.25, -0.2) is 4.98 Å². The van der Waals surface area contributed by atoms with Crippen LogP contribution in [0.3, 0.4) is 0 Å². The number of carbonyl (C=O) groups is 1. The van der Waals surface area contributed by atoms with Crippen molar-refractivity contribution in [3.63, 3.8) is 0 Å². The summed E-state index contributed by atoms with van der Waals surface area (Å²) in [5.74, 6) is -0.186. The van der Waals surface area contributed by atoms with Crippen molar-refractivity contribution >= 4 is 45.8 Å². The molecule has 1 heterocycles. The van der Waals surface area contributed by atoms with Crippen LogP contribution in [0.1, 0.15) is 36.8 Å². The minimum atomic E-state index is -0.186. The number of rotatable bonds is 2. The van der Waals surface area contributed by atoms with E-state index in [0.29, 0.717) is 10.7 Å². The molecule has 1 aromatic carbocycles. The van der Waals surface area contributed by atoms with E-state index in [1.807, 2.05) is 45.0 Å². The molecule has 3 nitrogen and oxygen atoms in total. The first-order valence-corrected chi connectivity index (χ1v) is 7.97. The fourth-order valence-corrected chi connectivity index (χ4v) is 2.50. The van der Waals surface area contributed by atoms with Crippen LogP contribution in [0.25, 0.3) is 0 Å². The molecule has 2 aromatic rings. The maximum absolute atomic E-state index is 12.4. The number of anilines is 1. The number of amides is 1. The van der Waals surface area contributed by atoms with Crippen molar-refractivity contribution in [1.29, 1.82) is 0 Å². The monoisotopic (exact) mass is 414 g/mol. The number of nitrogens with zero attached hydrogens (tertiary/aromatic N) is 1. The zero-order valence-corrected chi connectivity index (χ0v) is 15.0. The standard InChI is InChI=1S/C16H16ClIN2O/c1-16(2,3)13-8-10(9-14(17)20-13)15(21)19-12-7-5-4-6-11(12)18/h4-9H,1-3H3,(H,19,21). The molecule has 1 amide bonds. The van der Waals surface area contributed by atoms with E-state index in [4.69, 9.17) is 11.6 Å². The van der Waals surface area contributed by atoms with E-state index in [9.17, 15) is 4.79 Å². The van der Waals surface area contributed by atoms with Crippen molar-refractivity contribution in [1.82, 2.24) is 4.98 Å². The highest BCUT2D eigenvalue weighted by Gasteiger charge is 2.19. The fourth-order valence-electron chi connectivity index (χ4n) is 1.77. The average Bonchev–Trinajstić information content (AvgIpc) is 2.39. The van der Waals surface area contributed by atoms with Gasteiger partial charge in [0.25, 0.3) is 5.91 Å². The van der Waals surface area contributed by atoms with Crippen LogP contribution in [0.15, 0.2) is 36.4 Å². The molecule has 110 valence electrons. The zero-order chi connectivity index (χ0) is 15.6. The Morgan fingerprint density at radius 2 is 1.90 bits per heavy atom. The van der Waals surface area contributed by atoms with E-state index >= 15 is 0 Å². The number of hydrogen-bond donors (Lipinski definition) is 1. The molecule has 1 N–H and O–H groups in total. The van der Waals surface area contributed by atoms with Crippen LogP contribution in [-0.2, 0) is 5.41 Å². The van der Waals surface area contributed by atoms with E-state index in [1.165, 1.54) is 0 Å². The predicted molar refractivity (Wildman–Crippen MR) is 95.1 cm³/mol. The average molecular weight is 415 g/mol. The molecule has 0 radical (unpaired) electrons. The van der Waals surface area contributed by atoms with Gasteiger partial charge in [-0.3, -0.25) is 4.79 Å². The molecule has 0 fully saturated rings. The Morgan fingerprint density at radius 1 is 1.24 bits per heavy atom. The van der Waals surface area contributed by atoms with Gasteiger partial charge in [0.05, 0.1) is 5.69 Å². The van der Waals surface area contributed by atoms with Crippen molar-refractivity contribution in [2.24, 2.45) is 0 Å². The molecule has 2 rings (SSSR count). The molecule has 0 aliphatic heterocycles. The minimum Gasteiger partial charge on any atom is -0.321 e. The largest absolute Gasteiger partial charge is 0.321 e. The lowest BCUT2D eigenvalue weighted by Gasteiger charge is -2.18. The summed E-state index contributed by atoms with van der Waals surface area (Å²) in [6.07, 6.45) is 0. The molecule has 5 heteroatoms. The third-order valence-electron chi connectivity index (χ3n) is 2.95. The lowest BCUT2D eigenvalue weighted by Crippen LogP contribution is -2.18. The fraction of sp³-hybridized carbons (Fsp3) is 0.250. The molecule has 0 spiro atoms. The summed E-state index contributed by atoms with van der Waals surface area (Å²) in [5, 5.41) is 3.23. The van der Waals surface area contributed by atoms with E-state index in [2.05, 4.69) is 32.9 Å². The quantitative estimate of drug-likeness (QED) is 0.561. The van der Waals surface area contributed by atoms with Gasteiger partial charge in [0.2, 0.25) is 0 Å². The first-order valence-electron chi connectivity index (χ1n) is 6.51. The van der Waals surface area contributed by atoms with Crippen molar-refractivity contribution in [3.8, 4) is 0 Å². The van der Waals surface area contributed by atoms with Crippen molar-refractivity contribution in [2.45, 2.75) is 26.2 Å². The predicted octanol–water partition coefficient (Wildman–Crippen LogP) is 4.89. The van der Waals surface area contributed by atoms with Gasteiger partial charge in [-0.05, 0) is 46.9 Å². The Kier molecular flexibility index (Phi) is 4.88. The van der Waals surface area contributed by atoms with Crippen LogP contribution < -0.4 is 5.32 Å². The number of carbonyl (C=O) groups excluding carboxylic acids is 1. The maximum atomic E-state index is 12.4. The molecule has 0 aliphatic carbocycles. The summed E-state index contributed by atoms with van der Waals surface area (Å²) in [6, 6.07) is 11.0. The highest BCUT2D eigenvalue weighted by molar-refractivity contribution is 14.1. The summed E-state index contributed by atoms with van der Waals surface area (Å²) < 4.78 is 0.986. The Balaban J connectivity index is 2.32. The van der Waals surface area contributed by atoms with Crippen LogP contribution in [0.5, 0.6) is 0 Å². The van der Waals surface area contributed by atoms with Gasteiger partial charge in [-0.1, -0.05) is 44.5 Å². The van der Waals surface area contributed by atoms with Crippen LogP contribution in [0.2, 0.25) is 5.15 Å². The number of aromatic nitrogens is 1. The number of halogens is 2. The van der Waals surface area contributed by atoms with Gasteiger partial charge in [0.15, 0.2) is 0 Å². The lowest BCUT2D eigenvalue weighted by atomic mass is 9.91. The van der Waals surface area contributed by atoms with E-state index in [-0.39, 0.29) is 11.3 Å². The van der Waals surface area contributed by atoms with Gasteiger partial charge in [-0.15, -0.1) is 0 Å². The highest BCUT2D eigenvalue weighted by atomic mass is 127.